The minimum atomic E-state index is -0.649. The predicted octanol–water partition coefficient (Wildman–Crippen LogP) is 3.49. The van der Waals surface area contributed by atoms with Crippen molar-refractivity contribution in [1.82, 2.24) is 30.3 Å². The van der Waals surface area contributed by atoms with Crippen LogP contribution in [0.1, 0.15) is 54.5 Å². The van der Waals surface area contributed by atoms with Gasteiger partial charge in [0, 0.05) is 29.6 Å². The Labute approximate surface area is 210 Å². The first-order valence-electron chi connectivity index (χ1n) is 12.6. The number of hydrogen-bond donors (Lipinski definition) is 3. The molecule has 5 rings (SSSR count). The Kier molecular flexibility index (Phi) is 6.51. The number of amides is 2. The molecule has 0 saturated heterocycles. The Hall–Kier alpha value is -3.69. The van der Waals surface area contributed by atoms with E-state index in [1.807, 2.05) is 26.8 Å². The quantitative estimate of drug-likeness (QED) is 0.398. The fourth-order valence-corrected chi connectivity index (χ4v) is 5.23. The number of carbonyl (C=O) groups excluding carboxylic acids is 2. The van der Waals surface area contributed by atoms with Crippen LogP contribution in [0.3, 0.4) is 0 Å². The highest BCUT2D eigenvalue weighted by atomic mass is 16.5. The van der Waals surface area contributed by atoms with Crippen LogP contribution in [0.25, 0.3) is 11.1 Å². The van der Waals surface area contributed by atoms with E-state index in [0.717, 1.165) is 48.2 Å². The molecule has 1 atom stereocenters. The van der Waals surface area contributed by atoms with E-state index in [4.69, 9.17) is 4.74 Å². The van der Waals surface area contributed by atoms with E-state index in [-0.39, 0.29) is 17.7 Å². The number of pyridine rings is 1. The van der Waals surface area contributed by atoms with Gasteiger partial charge in [-0.25, -0.2) is 0 Å². The summed E-state index contributed by atoms with van der Waals surface area (Å²) < 4.78 is 7.20. The van der Waals surface area contributed by atoms with Gasteiger partial charge >= 0.3 is 0 Å². The smallest absolute Gasteiger partial charge is 0.270 e. The molecule has 3 heterocycles. The minimum Gasteiger partial charge on any atom is -0.480 e. The summed E-state index contributed by atoms with van der Waals surface area (Å²) in [7, 11) is 1.55. The van der Waals surface area contributed by atoms with E-state index < -0.39 is 6.04 Å². The lowest BCUT2D eigenvalue weighted by molar-refractivity contribution is -0.119. The zero-order chi connectivity index (χ0) is 25.4. The molecule has 0 radical (unpaired) electrons. The molecule has 0 bridgehead atoms. The van der Waals surface area contributed by atoms with E-state index in [1.165, 1.54) is 0 Å². The van der Waals surface area contributed by atoms with Crippen molar-refractivity contribution in [3.05, 3.63) is 41.5 Å². The van der Waals surface area contributed by atoms with Gasteiger partial charge in [-0.2, -0.15) is 15.2 Å². The second kappa shape index (κ2) is 9.75. The standard InChI is InChI=1S/C26H33N7O3/c1-5-33-19(12-13-27-33)24(34)30-23(22(16-6-7-16)17-8-9-17)25(35)28-20-11-10-18(26(29-20)36-4)21-14(2)31-32-15(21)3/h10-13,16-17,22-23H,5-9H2,1-4H3,(H,30,34)(H,31,32)(H,28,29,35)/t23-/m1/s1. The lowest BCUT2D eigenvalue weighted by Gasteiger charge is -2.27. The summed E-state index contributed by atoms with van der Waals surface area (Å²) >= 11 is 0. The average Bonchev–Trinajstić information content (AvgIpc) is 3.81. The molecule has 0 aromatic carbocycles. The SMILES string of the molecule is CCn1nccc1C(=O)N[C@@H](C(=O)Nc1ccc(-c2c(C)n[nH]c2C)c(OC)n1)C(C1CC1)C1CC1. The number of rotatable bonds is 10. The van der Waals surface area contributed by atoms with Crippen LogP contribution in [0.2, 0.25) is 0 Å². The Morgan fingerprint density at radius 1 is 1.17 bits per heavy atom. The number of carbonyl (C=O) groups is 2. The predicted molar refractivity (Wildman–Crippen MR) is 135 cm³/mol. The number of aromatic nitrogens is 5. The Morgan fingerprint density at radius 3 is 2.47 bits per heavy atom. The van der Waals surface area contributed by atoms with Crippen LogP contribution in [0.5, 0.6) is 5.88 Å². The van der Waals surface area contributed by atoms with Gasteiger partial charge in [-0.15, -0.1) is 0 Å². The number of aryl methyl sites for hydroxylation is 3. The summed E-state index contributed by atoms with van der Waals surface area (Å²) in [5, 5.41) is 17.4. The van der Waals surface area contributed by atoms with Gasteiger partial charge in [0.25, 0.3) is 5.91 Å². The molecule has 3 N–H and O–H groups in total. The van der Waals surface area contributed by atoms with Crippen molar-refractivity contribution >= 4 is 17.6 Å². The number of aromatic amines is 1. The van der Waals surface area contributed by atoms with Gasteiger partial charge in [0.05, 0.1) is 12.8 Å². The molecule has 2 aliphatic carbocycles. The molecule has 190 valence electrons. The molecule has 2 amide bonds. The molecule has 0 unspecified atom stereocenters. The van der Waals surface area contributed by atoms with Crippen LogP contribution < -0.4 is 15.4 Å². The first kappa shape index (κ1) is 24.0. The third-order valence-electron chi connectivity index (χ3n) is 7.24. The van der Waals surface area contributed by atoms with Gasteiger partial charge < -0.3 is 15.4 Å². The van der Waals surface area contributed by atoms with Crippen LogP contribution in [0.4, 0.5) is 5.82 Å². The molecule has 10 nitrogen and oxygen atoms in total. The lowest BCUT2D eigenvalue weighted by Crippen LogP contribution is -2.50. The van der Waals surface area contributed by atoms with Crippen LogP contribution >= 0.6 is 0 Å². The van der Waals surface area contributed by atoms with Crippen molar-refractivity contribution in [2.24, 2.45) is 17.8 Å². The van der Waals surface area contributed by atoms with E-state index in [9.17, 15) is 9.59 Å². The number of nitrogens with zero attached hydrogens (tertiary/aromatic N) is 4. The van der Waals surface area contributed by atoms with Crippen molar-refractivity contribution < 1.29 is 14.3 Å². The van der Waals surface area contributed by atoms with E-state index in [2.05, 4.69) is 30.9 Å². The summed E-state index contributed by atoms with van der Waals surface area (Å²) in [6, 6.07) is 4.67. The summed E-state index contributed by atoms with van der Waals surface area (Å²) in [6.07, 6.45) is 5.99. The molecule has 0 aliphatic heterocycles. The number of methoxy groups -OCH3 is 1. The second-order valence-electron chi connectivity index (χ2n) is 9.79. The molecular weight excluding hydrogens is 458 g/mol. The first-order chi connectivity index (χ1) is 17.4. The van der Waals surface area contributed by atoms with Gasteiger partial charge in [0.15, 0.2) is 0 Å². The van der Waals surface area contributed by atoms with Crippen molar-refractivity contribution in [2.75, 3.05) is 12.4 Å². The maximum atomic E-state index is 13.7. The van der Waals surface area contributed by atoms with Crippen LogP contribution in [0, 0.1) is 31.6 Å². The topological polar surface area (TPSA) is 127 Å². The Balaban J connectivity index is 1.40. The van der Waals surface area contributed by atoms with Crippen molar-refractivity contribution in [2.45, 2.75) is 59.0 Å². The molecule has 10 heteroatoms. The molecule has 0 spiro atoms. The van der Waals surface area contributed by atoms with Crippen LogP contribution in [-0.2, 0) is 11.3 Å². The fraction of sp³-hybridized carbons (Fsp3) is 0.500. The monoisotopic (exact) mass is 491 g/mol. The van der Waals surface area contributed by atoms with Gasteiger partial charge in [-0.1, -0.05) is 0 Å². The highest BCUT2D eigenvalue weighted by Gasteiger charge is 2.48. The molecule has 3 aromatic rings. The molecular formula is C26H33N7O3. The van der Waals surface area contributed by atoms with Gasteiger partial charge in [0.1, 0.15) is 17.6 Å². The molecule has 3 aromatic heterocycles. The zero-order valence-electron chi connectivity index (χ0n) is 21.2. The van der Waals surface area contributed by atoms with Crippen LogP contribution in [-0.4, -0.2) is 49.9 Å². The average molecular weight is 492 g/mol. The number of hydrogen-bond acceptors (Lipinski definition) is 6. The maximum Gasteiger partial charge on any atom is 0.270 e. The molecule has 2 saturated carbocycles. The third kappa shape index (κ3) is 4.72. The minimum absolute atomic E-state index is 0.115. The Morgan fingerprint density at radius 2 is 1.89 bits per heavy atom. The third-order valence-corrected chi connectivity index (χ3v) is 7.24. The number of H-pyrrole nitrogens is 1. The normalized spacial score (nSPS) is 16.1. The van der Waals surface area contributed by atoms with Gasteiger partial charge in [-0.3, -0.25) is 19.4 Å². The van der Waals surface area contributed by atoms with Crippen molar-refractivity contribution in [3.63, 3.8) is 0 Å². The summed E-state index contributed by atoms with van der Waals surface area (Å²) in [5.74, 6) is 1.27. The Bertz CT molecular complexity index is 1240. The van der Waals surface area contributed by atoms with E-state index >= 15 is 0 Å². The highest BCUT2D eigenvalue weighted by molar-refractivity contribution is 6.00. The number of anilines is 1. The zero-order valence-corrected chi connectivity index (χ0v) is 21.2. The summed E-state index contributed by atoms with van der Waals surface area (Å²) in [4.78, 5) is 31.4. The lowest BCUT2D eigenvalue weighted by atomic mass is 9.88. The molecule has 2 fully saturated rings. The van der Waals surface area contributed by atoms with Crippen molar-refractivity contribution in [3.8, 4) is 17.0 Å². The van der Waals surface area contributed by atoms with Gasteiger partial charge in [0.2, 0.25) is 11.8 Å². The fourth-order valence-electron chi connectivity index (χ4n) is 5.23. The van der Waals surface area contributed by atoms with E-state index in [0.29, 0.717) is 35.8 Å². The first-order valence-corrected chi connectivity index (χ1v) is 12.6. The van der Waals surface area contributed by atoms with E-state index in [1.54, 1.807) is 30.1 Å². The summed E-state index contributed by atoms with van der Waals surface area (Å²) in [5.41, 5.74) is 3.93. The maximum absolute atomic E-state index is 13.7. The largest absolute Gasteiger partial charge is 0.480 e. The van der Waals surface area contributed by atoms with Gasteiger partial charge in [-0.05, 0) is 82.4 Å². The number of ether oxygens (including phenoxy) is 1. The highest BCUT2D eigenvalue weighted by Crippen LogP contribution is 2.51. The second-order valence-corrected chi connectivity index (χ2v) is 9.79. The molecule has 2 aliphatic rings. The number of nitrogens with one attached hydrogen (secondary N) is 3. The summed E-state index contributed by atoms with van der Waals surface area (Å²) in [6.45, 7) is 6.37. The van der Waals surface area contributed by atoms with Crippen LogP contribution in [0.15, 0.2) is 24.4 Å². The van der Waals surface area contributed by atoms with Crippen molar-refractivity contribution in [1.29, 1.82) is 0 Å². The molecule has 36 heavy (non-hydrogen) atoms.